The van der Waals surface area contributed by atoms with E-state index in [0.29, 0.717) is 12.0 Å². The van der Waals surface area contributed by atoms with E-state index in [1.807, 2.05) is 50.2 Å². The van der Waals surface area contributed by atoms with E-state index in [2.05, 4.69) is 41.8 Å². The third-order valence-corrected chi connectivity index (χ3v) is 5.76. The number of nitriles is 1. The van der Waals surface area contributed by atoms with Gasteiger partial charge in [-0.2, -0.15) is 5.26 Å². The van der Waals surface area contributed by atoms with E-state index in [4.69, 9.17) is 11.0 Å². The highest BCUT2D eigenvalue weighted by Crippen LogP contribution is 2.44. The average Bonchev–Trinajstić information content (AvgIpc) is 3.64. The summed E-state index contributed by atoms with van der Waals surface area (Å²) in [7, 11) is 2.21. The van der Waals surface area contributed by atoms with Crippen molar-refractivity contribution in [2.24, 2.45) is 23.5 Å². The monoisotopic (exact) mass is 449 g/mol. The maximum atomic E-state index is 10.2. The number of aldehydes is 1. The number of hydrogen-bond donors (Lipinski definition) is 1. The van der Waals surface area contributed by atoms with Crippen molar-refractivity contribution in [3.63, 3.8) is 0 Å². The van der Waals surface area contributed by atoms with Crippen molar-refractivity contribution in [1.82, 2.24) is 0 Å². The normalized spacial score (nSPS) is 18.5. The van der Waals surface area contributed by atoms with Crippen LogP contribution in [0.25, 0.3) is 0 Å². The van der Waals surface area contributed by atoms with Crippen molar-refractivity contribution in [2.75, 3.05) is 11.9 Å². The van der Waals surface area contributed by atoms with Crippen molar-refractivity contribution in [2.45, 2.75) is 52.7 Å². The SMILES string of the molecule is CC(C)C=O.CC1Cc2cc(C#N)ccc2N(C)[C@H]1C1CC1.NC(=O)OCc1ccccc1. The Hall–Kier alpha value is -3.33. The minimum absolute atomic E-state index is 0.204. The molecule has 2 aliphatic rings. The van der Waals surface area contributed by atoms with Gasteiger partial charge in [-0.25, -0.2) is 4.79 Å². The Bertz CT molecular complexity index is 949. The third-order valence-electron chi connectivity index (χ3n) is 5.76. The molecule has 1 aliphatic heterocycles. The van der Waals surface area contributed by atoms with Gasteiger partial charge < -0.3 is 20.2 Å². The number of carbonyl (C=O) groups is 2. The largest absolute Gasteiger partial charge is 0.445 e. The molecule has 1 aliphatic carbocycles. The molecule has 6 heteroatoms. The number of anilines is 1. The van der Waals surface area contributed by atoms with Gasteiger partial charge in [-0.3, -0.25) is 0 Å². The van der Waals surface area contributed by atoms with Crippen LogP contribution in [0.2, 0.25) is 0 Å². The van der Waals surface area contributed by atoms with Gasteiger partial charge in [-0.15, -0.1) is 0 Å². The highest BCUT2D eigenvalue weighted by atomic mass is 16.5. The highest BCUT2D eigenvalue weighted by Gasteiger charge is 2.40. The van der Waals surface area contributed by atoms with E-state index in [0.717, 1.165) is 29.8 Å². The molecule has 6 nitrogen and oxygen atoms in total. The number of carbonyl (C=O) groups excluding carboxylic acids is 2. The summed E-state index contributed by atoms with van der Waals surface area (Å²) in [5.74, 6) is 1.81. The number of nitrogens with zero attached hydrogens (tertiary/aromatic N) is 2. The fraction of sp³-hybridized carbons (Fsp3) is 0.444. The molecule has 1 heterocycles. The lowest BCUT2D eigenvalue weighted by molar-refractivity contribution is -0.110. The number of nitrogens with two attached hydrogens (primary N) is 1. The van der Waals surface area contributed by atoms with Crippen molar-refractivity contribution < 1.29 is 14.3 Å². The average molecular weight is 450 g/mol. The van der Waals surface area contributed by atoms with Crippen LogP contribution in [0.4, 0.5) is 10.5 Å². The molecule has 0 bridgehead atoms. The van der Waals surface area contributed by atoms with E-state index >= 15 is 0 Å². The molecule has 0 spiro atoms. The number of rotatable bonds is 4. The number of ether oxygens (including phenoxy) is 1. The van der Waals surface area contributed by atoms with Gasteiger partial charge in [-0.1, -0.05) is 51.1 Å². The van der Waals surface area contributed by atoms with Crippen molar-refractivity contribution in [1.29, 1.82) is 5.26 Å². The summed E-state index contributed by atoms with van der Waals surface area (Å²) in [6.07, 6.45) is 4.08. The van der Waals surface area contributed by atoms with Gasteiger partial charge in [0.1, 0.15) is 12.9 Å². The Morgan fingerprint density at radius 2 is 1.88 bits per heavy atom. The van der Waals surface area contributed by atoms with Gasteiger partial charge in [0.25, 0.3) is 0 Å². The highest BCUT2D eigenvalue weighted by molar-refractivity contribution is 5.64. The molecule has 0 radical (unpaired) electrons. The van der Waals surface area contributed by atoms with Gasteiger partial charge in [0, 0.05) is 24.7 Å². The molecular formula is C27H35N3O3. The second-order valence-corrected chi connectivity index (χ2v) is 9.05. The Morgan fingerprint density at radius 1 is 1.24 bits per heavy atom. The van der Waals surface area contributed by atoms with Gasteiger partial charge in [0.05, 0.1) is 11.6 Å². The van der Waals surface area contributed by atoms with Crippen LogP contribution in [0, 0.1) is 29.1 Å². The minimum atomic E-state index is -0.742. The second kappa shape index (κ2) is 12.6. The zero-order valence-corrected chi connectivity index (χ0v) is 20.0. The molecule has 2 N–H and O–H groups in total. The number of hydrogen-bond acceptors (Lipinski definition) is 5. The van der Waals surface area contributed by atoms with Crippen LogP contribution < -0.4 is 10.6 Å². The Kier molecular flexibility index (Phi) is 9.93. The van der Waals surface area contributed by atoms with Crippen molar-refractivity contribution in [3.8, 4) is 6.07 Å². The number of amides is 1. The van der Waals surface area contributed by atoms with Gasteiger partial charge in [0.15, 0.2) is 0 Å². The quantitative estimate of drug-likeness (QED) is 0.656. The predicted molar refractivity (Wildman–Crippen MR) is 131 cm³/mol. The van der Waals surface area contributed by atoms with Gasteiger partial charge in [0.2, 0.25) is 0 Å². The molecule has 2 aromatic rings. The molecule has 0 aromatic heterocycles. The standard InChI is InChI=1S/C15H18N2.C8H9NO2.C4H8O/c1-10-7-13-8-11(9-16)3-6-14(13)17(2)15(10)12-4-5-12;9-8(10)11-6-7-4-2-1-3-5-7;1-4(2)3-5/h3,6,8,10,12,15H,4-5,7H2,1-2H3;1-5H,6H2,(H2,9,10);3-4H,1-2H3/t10?,15-;;/m1../s1. The van der Waals surface area contributed by atoms with Crippen LogP contribution >= 0.6 is 0 Å². The van der Waals surface area contributed by atoms with E-state index in [-0.39, 0.29) is 12.5 Å². The molecule has 1 fully saturated rings. The number of fused-ring (bicyclic) bond motifs is 1. The van der Waals surface area contributed by atoms with Crippen molar-refractivity contribution >= 4 is 18.1 Å². The second-order valence-electron chi connectivity index (χ2n) is 9.05. The van der Waals surface area contributed by atoms with Crippen LogP contribution in [0.5, 0.6) is 0 Å². The Morgan fingerprint density at radius 3 is 2.39 bits per heavy atom. The fourth-order valence-corrected chi connectivity index (χ4v) is 4.12. The third kappa shape index (κ3) is 8.27. The smallest absolute Gasteiger partial charge is 0.404 e. The van der Waals surface area contributed by atoms with E-state index in [1.165, 1.54) is 24.1 Å². The maximum absolute atomic E-state index is 10.2. The first-order valence-corrected chi connectivity index (χ1v) is 11.4. The fourth-order valence-electron chi connectivity index (χ4n) is 4.12. The van der Waals surface area contributed by atoms with E-state index in [1.54, 1.807) is 0 Å². The van der Waals surface area contributed by atoms with Crippen LogP contribution in [-0.2, 0) is 22.6 Å². The van der Waals surface area contributed by atoms with Crippen LogP contribution in [0.1, 0.15) is 50.3 Å². The molecule has 1 amide bonds. The van der Waals surface area contributed by atoms with Gasteiger partial charge in [-0.05, 0) is 60.4 Å². The summed E-state index contributed by atoms with van der Waals surface area (Å²) < 4.78 is 4.57. The van der Waals surface area contributed by atoms with Crippen LogP contribution in [0.15, 0.2) is 48.5 Å². The molecule has 33 heavy (non-hydrogen) atoms. The number of benzene rings is 2. The maximum Gasteiger partial charge on any atom is 0.404 e. The predicted octanol–water partition coefficient (Wildman–Crippen LogP) is 5.09. The number of primary amides is 1. The molecule has 176 valence electrons. The lowest BCUT2D eigenvalue weighted by Crippen LogP contribution is -2.43. The Labute approximate surface area is 197 Å². The molecule has 1 saturated carbocycles. The summed E-state index contributed by atoms with van der Waals surface area (Å²) in [6.45, 7) is 6.30. The molecule has 1 unspecified atom stereocenters. The summed E-state index contributed by atoms with van der Waals surface area (Å²) in [4.78, 5) is 22.1. The summed E-state index contributed by atoms with van der Waals surface area (Å²) in [5, 5.41) is 8.96. The summed E-state index contributed by atoms with van der Waals surface area (Å²) in [5.41, 5.74) is 9.18. The lowest BCUT2D eigenvalue weighted by Gasteiger charge is -2.40. The molecular weight excluding hydrogens is 414 g/mol. The summed E-state index contributed by atoms with van der Waals surface area (Å²) >= 11 is 0. The van der Waals surface area contributed by atoms with E-state index in [9.17, 15) is 9.59 Å². The summed E-state index contributed by atoms with van der Waals surface area (Å²) in [6, 6.07) is 18.4. The minimum Gasteiger partial charge on any atom is -0.445 e. The topological polar surface area (TPSA) is 96.4 Å². The lowest BCUT2D eigenvalue weighted by atomic mass is 9.84. The molecule has 2 atom stereocenters. The zero-order chi connectivity index (χ0) is 24.4. The first-order valence-electron chi connectivity index (χ1n) is 11.4. The molecule has 0 saturated heterocycles. The van der Waals surface area contributed by atoms with Gasteiger partial charge >= 0.3 is 6.09 Å². The molecule has 4 rings (SSSR count). The zero-order valence-electron chi connectivity index (χ0n) is 20.0. The van der Waals surface area contributed by atoms with Crippen LogP contribution in [0.3, 0.4) is 0 Å². The first-order chi connectivity index (χ1) is 15.8. The first kappa shape index (κ1) is 25.9. The van der Waals surface area contributed by atoms with E-state index < -0.39 is 6.09 Å². The van der Waals surface area contributed by atoms with Crippen LogP contribution in [-0.4, -0.2) is 25.5 Å². The molecule has 2 aromatic carbocycles. The Balaban J connectivity index is 0.000000207. The van der Waals surface area contributed by atoms with Crippen molar-refractivity contribution in [3.05, 3.63) is 65.2 Å².